The van der Waals surface area contributed by atoms with Crippen molar-refractivity contribution < 1.29 is 14.3 Å². The summed E-state index contributed by atoms with van der Waals surface area (Å²) in [6.07, 6.45) is -0.136. The van der Waals surface area contributed by atoms with E-state index < -0.39 is 0 Å². The van der Waals surface area contributed by atoms with Gasteiger partial charge in [0.25, 0.3) is 0 Å². The van der Waals surface area contributed by atoms with Gasteiger partial charge >= 0.3 is 5.97 Å². The van der Waals surface area contributed by atoms with Crippen molar-refractivity contribution >= 4 is 5.97 Å². The molecule has 1 N–H and O–H groups in total. The van der Waals surface area contributed by atoms with E-state index in [2.05, 4.69) is 20.1 Å². The predicted octanol–water partition coefficient (Wildman–Crippen LogP) is 0.296. The third kappa shape index (κ3) is 3.51. The van der Waals surface area contributed by atoms with Gasteiger partial charge in [-0.05, 0) is 6.92 Å². The second kappa shape index (κ2) is 6.12. The van der Waals surface area contributed by atoms with Crippen molar-refractivity contribution in [3.8, 4) is 0 Å². The third-order valence-corrected chi connectivity index (χ3v) is 3.19. The van der Waals surface area contributed by atoms with E-state index in [1.165, 1.54) is 7.11 Å². The minimum absolute atomic E-state index is 0.136. The van der Waals surface area contributed by atoms with Crippen LogP contribution >= 0.6 is 0 Å². The Morgan fingerprint density at radius 2 is 2.47 bits per heavy atom. The van der Waals surface area contributed by atoms with E-state index in [1.807, 2.05) is 13.8 Å². The highest BCUT2D eigenvalue weighted by molar-refractivity contribution is 5.72. The summed E-state index contributed by atoms with van der Waals surface area (Å²) in [5.74, 6) is 1.13. The summed E-state index contributed by atoms with van der Waals surface area (Å²) in [5.41, 5.74) is 0. The number of esters is 1. The van der Waals surface area contributed by atoms with Gasteiger partial charge in [-0.3, -0.25) is 14.8 Å². The van der Waals surface area contributed by atoms with Gasteiger partial charge in [-0.25, -0.2) is 4.98 Å². The standard InChI is InChI=1S/C12H20N4O3/c1-8(12(17)18-3)6-16-4-5-19-10(7-16)11-13-9(2)14-15-11/h8,10H,4-7H2,1-3H3,(H,13,14,15). The largest absolute Gasteiger partial charge is 0.469 e. The molecular formula is C12H20N4O3. The number of morpholine rings is 1. The molecule has 7 heteroatoms. The Morgan fingerprint density at radius 3 is 3.11 bits per heavy atom. The molecule has 0 radical (unpaired) electrons. The van der Waals surface area contributed by atoms with Gasteiger partial charge in [0, 0.05) is 19.6 Å². The van der Waals surface area contributed by atoms with Crippen molar-refractivity contribution in [3.05, 3.63) is 11.6 Å². The third-order valence-electron chi connectivity index (χ3n) is 3.19. The maximum Gasteiger partial charge on any atom is 0.309 e. The molecule has 2 unspecified atom stereocenters. The topological polar surface area (TPSA) is 80.3 Å². The number of hydrogen-bond acceptors (Lipinski definition) is 6. The number of carbonyl (C=O) groups is 1. The monoisotopic (exact) mass is 268 g/mol. The second-order valence-corrected chi connectivity index (χ2v) is 4.82. The highest BCUT2D eigenvalue weighted by Crippen LogP contribution is 2.19. The summed E-state index contributed by atoms with van der Waals surface area (Å²) in [4.78, 5) is 17.9. The zero-order chi connectivity index (χ0) is 13.8. The Hall–Kier alpha value is -1.47. The molecule has 1 aliphatic heterocycles. The molecule has 1 aromatic rings. The fraction of sp³-hybridized carbons (Fsp3) is 0.750. The van der Waals surface area contributed by atoms with E-state index in [0.717, 1.165) is 12.4 Å². The summed E-state index contributed by atoms with van der Waals surface area (Å²) < 4.78 is 10.4. The SMILES string of the molecule is COC(=O)C(C)CN1CCOC(c2n[nH]c(C)n2)C1. The van der Waals surface area contributed by atoms with Gasteiger partial charge in [-0.15, -0.1) is 0 Å². The van der Waals surface area contributed by atoms with Crippen molar-refractivity contribution in [2.45, 2.75) is 20.0 Å². The van der Waals surface area contributed by atoms with Crippen LogP contribution in [-0.4, -0.2) is 59.4 Å². The fourth-order valence-electron chi connectivity index (χ4n) is 2.19. The Labute approximate surface area is 112 Å². The highest BCUT2D eigenvalue weighted by atomic mass is 16.5. The van der Waals surface area contributed by atoms with Crippen molar-refractivity contribution in [2.24, 2.45) is 5.92 Å². The molecule has 0 bridgehead atoms. The van der Waals surface area contributed by atoms with Gasteiger partial charge in [0.2, 0.25) is 0 Å². The van der Waals surface area contributed by atoms with Crippen LogP contribution in [0.25, 0.3) is 0 Å². The number of aromatic nitrogens is 3. The van der Waals surface area contributed by atoms with E-state index in [4.69, 9.17) is 9.47 Å². The van der Waals surface area contributed by atoms with E-state index in [-0.39, 0.29) is 18.0 Å². The van der Waals surface area contributed by atoms with E-state index in [9.17, 15) is 4.79 Å². The molecule has 2 rings (SSSR count). The average Bonchev–Trinajstić information content (AvgIpc) is 2.84. The lowest BCUT2D eigenvalue weighted by atomic mass is 10.1. The summed E-state index contributed by atoms with van der Waals surface area (Å²) >= 11 is 0. The molecular weight excluding hydrogens is 248 g/mol. The zero-order valence-corrected chi connectivity index (χ0v) is 11.5. The van der Waals surface area contributed by atoms with E-state index in [0.29, 0.717) is 25.5 Å². The second-order valence-electron chi connectivity index (χ2n) is 4.82. The number of carbonyl (C=O) groups excluding carboxylic acids is 1. The molecule has 0 amide bonds. The maximum absolute atomic E-state index is 11.4. The van der Waals surface area contributed by atoms with Crippen LogP contribution in [0.15, 0.2) is 0 Å². The molecule has 0 spiro atoms. The van der Waals surface area contributed by atoms with Crippen molar-refractivity contribution in [3.63, 3.8) is 0 Å². The van der Waals surface area contributed by atoms with Gasteiger partial charge < -0.3 is 9.47 Å². The van der Waals surface area contributed by atoms with Crippen LogP contribution in [0.2, 0.25) is 0 Å². The number of aromatic amines is 1. The maximum atomic E-state index is 11.4. The first-order valence-electron chi connectivity index (χ1n) is 6.41. The van der Waals surface area contributed by atoms with Crippen LogP contribution in [0.5, 0.6) is 0 Å². The number of nitrogens with zero attached hydrogens (tertiary/aromatic N) is 3. The molecule has 1 aromatic heterocycles. The highest BCUT2D eigenvalue weighted by Gasteiger charge is 2.27. The number of nitrogens with one attached hydrogen (secondary N) is 1. The van der Waals surface area contributed by atoms with Gasteiger partial charge in [0.1, 0.15) is 11.9 Å². The number of H-pyrrole nitrogens is 1. The molecule has 19 heavy (non-hydrogen) atoms. The first kappa shape index (κ1) is 14.0. The number of methoxy groups -OCH3 is 1. The Bertz CT molecular complexity index is 434. The van der Waals surface area contributed by atoms with Crippen LogP contribution in [0.4, 0.5) is 0 Å². The minimum atomic E-state index is -0.184. The molecule has 2 atom stereocenters. The van der Waals surface area contributed by atoms with Crippen LogP contribution in [-0.2, 0) is 14.3 Å². The number of ether oxygens (including phenoxy) is 2. The van der Waals surface area contributed by atoms with Gasteiger partial charge in [-0.2, -0.15) is 5.10 Å². The van der Waals surface area contributed by atoms with Gasteiger partial charge in [0.15, 0.2) is 5.82 Å². The summed E-state index contributed by atoms with van der Waals surface area (Å²) in [7, 11) is 1.41. The summed E-state index contributed by atoms with van der Waals surface area (Å²) in [6, 6.07) is 0. The number of aryl methyl sites for hydroxylation is 1. The molecule has 7 nitrogen and oxygen atoms in total. The van der Waals surface area contributed by atoms with Crippen molar-refractivity contribution in [1.82, 2.24) is 20.1 Å². The lowest BCUT2D eigenvalue weighted by molar-refractivity contribution is -0.146. The molecule has 0 aromatic carbocycles. The Kier molecular flexibility index (Phi) is 4.49. The fourth-order valence-corrected chi connectivity index (χ4v) is 2.19. The molecule has 1 fully saturated rings. The van der Waals surface area contributed by atoms with Crippen molar-refractivity contribution in [1.29, 1.82) is 0 Å². The molecule has 0 aliphatic carbocycles. The molecule has 1 aliphatic rings. The minimum Gasteiger partial charge on any atom is -0.469 e. The molecule has 106 valence electrons. The average molecular weight is 268 g/mol. The molecule has 0 saturated carbocycles. The number of rotatable bonds is 4. The van der Waals surface area contributed by atoms with Gasteiger partial charge in [0.05, 0.1) is 19.6 Å². The van der Waals surface area contributed by atoms with Crippen LogP contribution < -0.4 is 0 Å². The zero-order valence-electron chi connectivity index (χ0n) is 11.5. The smallest absolute Gasteiger partial charge is 0.309 e. The lowest BCUT2D eigenvalue weighted by Gasteiger charge is -2.32. The Morgan fingerprint density at radius 1 is 1.68 bits per heavy atom. The van der Waals surface area contributed by atoms with E-state index in [1.54, 1.807) is 0 Å². The predicted molar refractivity (Wildman–Crippen MR) is 67.4 cm³/mol. The first-order chi connectivity index (χ1) is 9.10. The normalized spacial score (nSPS) is 22.2. The first-order valence-corrected chi connectivity index (χ1v) is 6.41. The molecule has 2 heterocycles. The molecule has 1 saturated heterocycles. The van der Waals surface area contributed by atoms with Crippen molar-refractivity contribution in [2.75, 3.05) is 33.4 Å². The Balaban J connectivity index is 1.92. The van der Waals surface area contributed by atoms with Crippen LogP contribution in [0.3, 0.4) is 0 Å². The number of hydrogen-bond donors (Lipinski definition) is 1. The summed E-state index contributed by atoms with van der Waals surface area (Å²) in [5, 5.41) is 6.94. The van der Waals surface area contributed by atoms with Crippen LogP contribution in [0, 0.1) is 12.8 Å². The lowest BCUT2D eigenvalue weighted by Crippen LogP contribution is -2.42. The van der Waals surface area contributed by atoms with Crippen LogP contribution in [0.1, 0.15) is 24.7 Å². The van der Waals surface area contributed by atoms with E-state index >= 15 is 0 Å². The quantitative estimate of drug-likeness (QED) is 0.791. The van der Waals surface area contributed by atoms with Gasteiger partial charge in [-0.1, -0.05) is 6.92 Å². The summed E-state index contributed by atoms with van der Waals surface area (Å²) in [6.45, 7) is 6.51.